The Balaban J connectivity index is 6.50. The molecule has 0 spiro atoms. The third-order valence-electron chi connectivity index (χ3n) is 10.3. The zero-order valence-electron chi connectivity index (χ0n) is 30.4. The van der Waals surface area contributed by atoms with Crippen molar-refractivity contribution in [3.05, 3.63) is 0 Å². The van der Waals surface area contributed by atoms with E-state index in [1.165, 1.54) is 0 Å². The average molecular weight is 636 g/mol. The van der Waals surface area contributed by atoms with E-state index in [9.17, 15) is 4.79 Å². The standard InChI is InChI=1S/C30H69NO5Si4/c1-26(2,3)37(13,14)33-22-30(23-34-38(15,16)27(4,5)6,24-35-39(17,18)28(7,8)9)31-21-25(32)36-40(19,20)29(10,11)12/h31H,21-24H2,1-20H3. The smallest absolute Gasteiger partial charge is 0.306 e. The Bertz CT molecular complexity index is 755. The Hall–Kier alpha value is 0.178. The number of nitrogens with one attached hydrogen (secondary N) is 1. The van der Waals surface area contributed by atoms with Crippen molar-refractivity contribution in [2.24, 2.45) is 0 Å². The fourth-order valence-electron chi connectivity index (χ4n) is 2.62. The van der Waals surface area contributed by atoms with Crippen LogP contribution < -0.4 is 5.32 Å². The van der Waals surface area contributed by atoms with Crippen LogP contribution in [-0.2, 0) is 22.5 Å². The molecular weight excluding hydrogens is 567 g/mol. The van der Waals surface area contributed by atoms with Crippen molar-refractivity contribution in [2.75, 3.05) is 26.4 Å². The second-order valence-corrected chi connectivity index (χ2v) is 37.2. The van der Waals surface area contributed by atoms with Crippen LogP contribution in [0.2, 0.25) is 72.5 Å². The maximum Gasteiger partial charge on any atom is 0.306 e. The van der Waals surface area contributed by atoms with E-state index in [-0.39, 0.29) is 32.7 Å². The Morgan fingerprint density at radius 1 is 0.500 bits per heavy atom. The van der Waals surface area contributed by atoms with Gasteiger partial charge in [-0.15, -0.1) is 0 Å². The monoisotopic (exact) mass is 635 g/mol. The SMILES string of the molecule is CC(C)(C)[Si](C)(C)OCC(CO[Si](C)(C)C(C)(C)C)(CO[Si](C)(C)C(C)(C)C)NCC(=O)O[Si](C)(C)C(C)(C)C. The summed E-state index contributed by atoms with van der Waals surface area (Å²) < 4.78 is 26.7. The zero-order chi connectivity index (χ0) is 32.4. The molecule has 0 aromatic rings. The van der Waals surface area contributed by atoms with Crippen molar-refractivity contribution in [2.45, 2.75) is 161 Å². The molecule has 0 aromatic carbocycles. The highest BCUT2D eigenvalue weighted by molar-refractivity contribution is 6.76. The molecule has 0 fully saturated rings. The quantitative estimate of drug-likeness (QED) is 0.204. The van der Waals surface area contributed by atoms with Gasteiger partial charge in [-0.2, -0.15) is 0 Å². The number of hydrogen-bond donors (Lipinski definition) is 1. The lowest BCUT2D eigenvalue weighted by Crippen LogP contribution is -2.63. The lowest BCUT2D eigenvalue weighted by atomic mass is 10.0. The van der Waals surface area contributed by atoms with E-state index in [0.29, 0.717) is 19.8 Å². The first-order valence-corrected chi connectivity index (χ1v) is 26.7. The van der Waals surface area contributed by atoms with Crippen LogP contribution in [0.5, 0.6) is 0 Å². The Morgan fingerprint density at radius 2 is 0.750 bits per heavy atom. The highest BCUT2D eigenvalue weighted by Crippen LogP contribution is 2.41. The van der Waals surface area contributed by atoms with Crippen LogP contribution in [0.15, 0.2) is 0 Å². The van der Waals surface area contributed by atoms with Gasteiger partial charge in [0.05, 0.1) is 31.9 Å². The Labute approximate surface area is 254 Å². The van der Waals surface area contributed by atoms with Crippen LogP contribution in [-0.4, -0.2) is 71.1 Å². The van der Waals surface area contributed by atoms with E-state index >= 15 is 0 Å². The summed E-state index contributed by atoms with van der Waals surface area (Å²) >= 11 is 0. The van der Waals surface area contributed by atoms with E-state index in [2.05, 4.69) is 141 Å². The minimum atomic E-state index is -2.25. The van der Waals surface area contributed by atoms with Gasteiger partial charge in [0.1, 0.15) is 0 Å². The van der Waals surface area contributed by atoms with Crippen LogP contribution >= 0.6 is 0 Å². The first-order chi connectivity index (χ1) is 17.2. The molecule has 40 heavy (non-hydrogen) atoms. The van der Waals surface area contributed by atoms with Crippen molar-refractivity contribution in [1.82, 2.24) is 5.32 Å². The van der Waals surface area contributed by atoms with Crippen molar-refractivity contribution in [3.63, 3.8) is 0 Å². The van der Waals surface area contributed by atoms with Crippen molar-refractivity contribution in [1.29, 1.82) is 0 Å². The molecule has 0 saturated carbocycles. The van der Waals surface area contributed by atoms with Gasteiger partial charge in [0.15, 0.2) is 25.0 Å². The van der Waals surface area contributed by atoms with E-state index in [4.69, 9.17) is 17.7 Å². The van der Waals surface area contributed by atoms with Crippen molar-refractivity contribution >= 4 is 39.2 Å². The molecule has 240 valence electrons. The second kappa shape index (κ2) is 13.0. The maximum atomic E-state index is 13.3. The molecule has 0 radical (unpaired) electrons. The van der Waals surface area contributed by atoms with Crippen molar-refractivity contribution in [3.8, 4) is 0 Å². The maximum absolute atomic E-state index is 13.3. The third-order valence-corrected chi connectivity index (χ3v) is 28.1. The van der Waals surface area contributed by atoms with Crippen LogP contribution in [0.25, 0.3) is 0 Å². The number of carbonyl (C=O) groups is 1. The lowest BCUT2D eigenvalue weighted by Gasteiger charge is -2.46. The molecule has 0 bridgehead atoms. The molecule has 0 aliphatic heterocycles. The summed E-state index contributed by atoms with van der Waals surface area (Å²) in [5, 5.41) is 3.73. The third kappa shape index (κ3) is 11.4. The lowest BCUT2D eigenvalue weighted by molar-refractivity contribution is -0.135. The molecule has 0 saturated heterocycles. The predicted molar refractivity (Wildman–Crippen MR) is 183 cm³/mol. The summed E-state index contributed by atoms with van der Waals surface area (Å²) in [6.45, 7) is 45.9. The normalized spacial score (nSPS) is 15.4. The molecule has 0 amide bonds. The van der Waals surface area contributed by atoms with Gasteiger partial charge in [0.2, 0.25) is 0 Å². The predicted octanol–water partition coefficient (Wildman–Crippen LogP) is 8.93. The summed E-state index contributed by atoms with van der Waals surface area (Å²) in [6, 6.07) is 0. The highest BCUT2D eigenvalue weighted by Gasteiger charge is 2.47. The Morgan fingerprint density at radius 3 is 0.975 bits per heavy atom. The van der Waals surface area contributed by atoms with Gasteiger partial charge in [0.25, 0.3) is 8.32 Å². The zero-order valence-corrected chi connectivity index (χ0v) is 34.4. The van der Waals surface area contributed by atoms with Gasteiger partial charge in [-0.05, 0) is 72.5 Å². The minimum absolute atomic E-state index is 0.0535. The average Bonchev–Trinajstić information content (AvgIpc) is 2.69. The fourth-order valence-corrected chi connectivity index (χ4v) is 6.77. The number of carbonyl (C=O) groups excluding carboxylic acids is 1. The Kier molecular flexibility index (Phi) is 13.1. The number of rotatable bonds is 13. The summed E-state index contributed by atoms with van der Waals surface area (Å²) in [7, 11) is -8.53. The van der Waals surface area contributed by atoms with Gasteiger partial charge in [-0.3, -0.25) is 10.1 Å². The van der Waals surface area contributed by atoms with E-state index in [1.54, 1.807) is 0 Å². The molecule has 10 heteroatoms. The second-order valence-electron chi connectivity index (χ2n) is 18.0. The fraction of sp³-hybridized carbons (Fsp3) is 0.967. The van der Waals surface area contributed by atoms with Gasteiger partial charge >= 0.3 is 5.97 Å². The molecular formula is C30H69NO5Si4. The molecule has 0 unspecified atom stereocenters. The van der Waals surface area contributed by atoms with E-state index in [0.717, 1.165) is 0 Å². The summed E-state index contributed by atoms with van der Waals surface area (Å²) in [6.07, 6.45) is 0. The highest BCUT2D eigenvalue weighted by atomic mass is 28.4. The summed E-state index contributed by atoms with van der Waals surface area (Å²) in [5.41, 5.74) is -0.687. The molecule has 0 heterocycles. The van der Waals surface area contributed by atoms with E-state index < -0.39 is 38.8 Å². The largest absolute Gasteiger partial charge is 0.518 e. The topological polar surface area (TPSA) is 66.0 Å². The van der Waals surface area contributed by atoms with Crippen molar-refractivity contribution < 1.29 is 22.5 Å². The molecule has 0 rings (SSSR count). The van der Waals surface area contributed by atoms with Crippen LogP contribution in [0.3, 0.4) is 0 Å². The van der Waals surface area contributed by atoms with Crippen LogP contribution in [0.4, 0.5) is 0 Å². The van der Waals surface area contributed by atoms with Crippen LogP contribution in [0, 0.1) is 0 Å². The van der Waals surface area contributed by atoms with Gasteiger partial charge in [0, 0.05) is 0 Å². The van der Waals surface area contributed by atoms with Gasteiger partial charge < -0.3 is 17.7 Å². The van der Waals surface area contributed by atoms with E-state index in [1.807, 2.05) is 0 Å². The number of hydrogen-bond acceptors (Lipinski definition) is 6. The first kappa shape index (κ1) is 40.2. The molecule has 0 aromatic heterocycles. The molecule has 6 nitrogen and oxygen atoms in total. The molecule has 0 aliphatic carbocycles. The molecule has 1 N–H and O–H groups in total. The molecule has 0 atom stereocenters. The molecule has 0 aliphatic rings. The summed E-state index contributed by atoms with van der Waals surface area (Å²) in [5.74, 6) is -0.219. The first-order valence-electron chi connectivity index (χ1n) is 15.1. The summed E-state index contributed by atoms with van der Waals surface area (Å²) in [4.78, 5) is 13.3. The van der Waals surface area contributed by atoms with Gasteiger partial charge in [-0.25, -0.2) is 0 Å². The minimum Gasteiger partial charge on any atom is -0.518 e. The van der Waals surface area contributed by atoms with Gasteiger partial charge in [-0.1, -0.05) is 83.1 Å². The van der Waals surface area contributed by atoms with Crippen LogP contribution in [0.1, 0.15) is 83.1 Å².